The second-order valence-electron chi connectivity index (χ2n) is 20.1. The number of nitrogens with zero attached hydrogens (tertiary/aromatic N) is 2. The Kier molecular flexibility index (Phi) is 44.5. The molecule has 64 heavy (non-hydrogen) atoms. The molecule has 0 spiro atoms. The number of carbonyl (C=O) groups is 2. The van der Waals surface area contributed by atoms with E-state index in [-0.39, 0.29) is 18.5 Å². The number of hydrogen-bond donors (Lipinski definition) is 1. The summed E-state index contributed by atoms with van der Waals surface area (Å²) in [5, 5.41) is 9.89. The zero-order chi connectivity index (χ0) is 46.4. The molecule has 0 radical (unpaired) electrons. The first kappa shape index (κ1) is 60.8. The molecule has 0 aromatic heterocycles. The van der Waals surface area contributed by atoms with Crippen molar-refractivity contribution in [3.63, 3.8) is 0 Å². The molecule has 1 N–H and O–H groups in total. The highest BCUT2D eigenvalue weighted by molar-refractivity contribution is 5.69. The van der Waals surface area contributed by atoms with Crippen LogP contribution >= 0.6 is 0 Å². The summed E-state index contributed by atoms with van der Waals surface area (Å²) in [6.45, 7) is 16.6. The maximum Gasteiger partial charge on any atom is 0.305 e. The van der Waals surface area contributed by atoms with Crippen molar-refractivity contribution in [1.29, 1.82) is 0 Å². The van der Waals surface area contributed by atoms with E-state index in [0.717, 1.165) is 84.3 Å². The summed E-state index contributed by atoms with van der Waals surface area (Å²) in [5.74, 6) is 0.981. The monoisotopic (exact) mass is 907 g/mol. The van der Waals surface area contributed by atoms with Crippen molar-refractivity contribution in [2.75, 3.05) is 65.8 Å². The molecule has 0 amide bonds. The molecule has 1 heterocycles. The fourth-order valence-electron chi connectivity index (χ4n) is 9.62. The molecule has 0 aliphatic carbocycles. The standard InChI is InChI=1S/C56H110N2O6/c1-5-9-13-17-21-27-35-52(36-28-22-18-14-10-6-2)49-63-55(60)39-31-25-33-42-57(46-47-59)44-45-58(54-41-48-62-51-54)43-34-26-32-40-56(61)64-50-53(37-29-23-19-15-11-7-3)38-30-24-20-16-12-8-4/h52-54,59H,5-51H2,1-4H3. The van der Waals surface area contributed by atoms with Gasteiger partial charge < -0.3 is 19.3 Å². The van der Waals surface area contributed by atoms with Crippen LogP contribution in [0.25, 0.3) is 0 Å². The highest BCUT2D eigenvalue weighted by Crippen LogP contribution is 2.22. The van der Waals surface area contributed by atoms with Crippen LogP contribution in [0.1, 0.15) is 265 Å². The van der Waals surface area contributed by atoms with Gasteiger partial charge in [-0.25, -0.2) is 0 Å². The topological polar surface area (TPSA) is 88.5 Å². The Bertz CT molecular complexity index is 960. The number of aliphatic hydroxyl groups excluding tert-OH is 1. The third-order valence-corrected chi connectivity index (χ3v) is 14.0. The van der Waals surface area contributed by atoms with E-state index in [1.165, 1.54) is 180 Å². The van der Waals surface area contributed by atoms with Crippen LogP contribution in [0.4, 0.5) is 0 Å². The minimum Gasteiger partial charge on any atom is -0.465 e. The molecular formula is C56H110N2O6. The lowest BCUT2D eigenvalue weighted by Gasteiger charge is -2.31. The second-order valence-corrected chi connectivity index (χ2v) is 20.1. The smallest absolute Gasteiger partial charge is 0.305 e. The lowest BCUT2D eigenvalue weighted by molar-refractivity contribution is -0.146. The van der Waals surface area contributed by atoms with Crippen LogP contribution in [0.15, 0.2) is 0 Å². The lowest BCUT2D eigenvalue weighted by atomic mass is 9.94. The van der Waals surface area contributed by atoms with Crippen molar-refractivity contribution in [2.24, 2.45) is 11.8 Å². The number of unbranched alkanes of at least 4 members (excludes halogenated alkanes) is 24. The summed E-state index contributed by atoms with van der Waals surface area (Å²) >= 11 is 0. The summed E-state index contributed by atoms with van der Waals surface area (Å²) in [7, 11) is 0. The van der Waals surface area contributed by atoms with Crippen LogP contribution in [0.5, 0.6) is 0 Å². The Morgan fingerprint density at radius 3 is 1.27 bits per heavy atom. The Morgan fingerprint density at radius 2 is 0.875 bits per heavy atom. The van der Waals surface area contributed by atoms with Gasteiger partial charge in [0.2, 0.25) is 0 Å². The van der Waals surface area contributed by atoms with Gasteiger partial charge in [-0.3, -0.25) is 19.4 Å². The summed E-state index contributed by atoms with van der Waals surface area (Å²) in [6, 6.07) is 0.443. The molecule has 1 unspecified atom stereocenters. The molecule has 1 rings (SSSR count). The van der Waals surface area contributed by atoms with E-state index in [1.54, 1.807) is 0 Å². The van der Waals surface area contributed by atoms with E-state index in [0.29, 0.717) is 50.5 Å². The predicted octanol–water partition coefficient (Wildman–Crippen LogP) is 14.8. The molecular weight excluding hydrogens is 797 g/mol. The van der Waals surface area contributed by atoms with Crippen molar-refractivity contribution in [1.82, 2.24) is 9.80 Å². The largest absolute Gasteiger partial charge is 0.465 e. The van der Waals surface area contributed by atoms with Crippen molar-refractivity contribution in [2.45, 2.75) is 271 Å². The number of aliphatic hydroxyl groups is 1. The van der Waals surface area contributed by atoms with E-state index in [2.05, 4.69) is 37.5 Å². The lowest BCUT2D eigenvalue weighted by Crippen LogP contribution is -2.43. The van der Waals surface area contributed by atoms with Crippen molar-refractivity contribution in [3.05, 3.63) is 0 Å². The second kappa shape index (κ2) is 46.9. The zero-order valence-corrected chi connectivity index (χ0v) is 43.3. The highest BCUT2D eigenvalue weighted by atomic mass is 16.5. The summed E-state index contributed by atoms with van der Waals surface area (Å²) in [4.78, 5) is 30.6. The molecule has 0 saturated carbocycles. The van der Waals surface area contributed by atoms with Gasteiger partial charge in [0, 0.05) is 45.1 Å². The van der Waals surface area contributed by atoms with Crippen LogP contribution < -0.4 is 0 Å². The van der Waals surface area contributed by atoms with Gasteiger partial charge in [-0.05, 0) is 82.7 Å². The molecule has 1 aliphatic heterocycles. The van der Waals surface area contributed by atoms with Crippen molar-refractivity contribution >= 4 is 11.9 Å². The average molecular weight is 908 g/mol. The van der Waals surface area contributed by atoms with Crippen LogP contribution in [0.3, 0.4) is 0 Å². The molecule has 1 saturated heterocycles. The van der Waals surface area contributed by atoms with Gasteiger partial charge in [0.1, 0.15) is 0 Å². The number of ether oxygens (including phenoxy) is 3. The van der Waals surface area contributed by atoms with E-state index in [4.69, 9.17) is 14.2 Å². The van der Waals surface area contributed by atoms with Crippen LogP contribution in [-0.2, 0) is 23.8 Å². The Balaban J connectivity index is 2.41. The number of rotatable bonds is 50. The van der Waals surface area contributed by atoms with Crippen LogP contribution in [-0.4, -0.2) is 98.6 Å². The van der Waals surface area contributed by atoms with Gasteiger partial charge in [0.15, 0.2) is 0 Å². The number of hydrogen-bond acceptors (Lipinski definition) is 8. The first-order chi connectivity index (χ1) is 31.5. The maximum absolute atomic E-state index is 12.8. The molecule has 0 bridgehead atoms. The van der Waals surface area contributed by atoms with Gasteiger partial charge >= 0.3 is 11.9 Å². The van der Waals surface area contributed by atoms with E-state index in [9.17, 15) is 14.7 Å². The van der Waals surface area contributed by atoms with Gasteiger partial charge in [-0.1, -0.05) is 195 Å². The van der Waals surface area contributed by atoms with Gasteiger partial charge in [0.25, 0.3) is 0 Å². The normalized spacial score (nSPS) is 14.2. The minimum absolute atomic E-state index is 0.0141. The van der Waals surface area contributed by atoms with Gasteiger partial charge in [0.05, 0.1) is 26.4 Å². The zero-order valence-electron chi connectivity index (χ0n) is 43.3. The molecule has 0 aromatic carbocycles. The van der Waals surface area contributed by atoms with Crippen molar-refractivity contribution < 1.29 is 28.9 Å². The van der Waals surface area contributed by atoms with Gasteiger partial charge in [-0.2, -0.15) is 0 Å². The fourth-order valence-corrected chi connectivity index (χ4v) is 9.62. The Labute approximate surface area is 398 Å². The third-order valence-electron chi connectivity index (χ3n) is 14.0. The predicted molar refractivity (Wildman–Crippen MR) is 272 cm³/mol. The fraction of sp³-hybridized carbons (Fsp3) is 0.964. The quantitative estimate of drug-likeness (QED) is 0.0477. The highest BCUT2D eigenvalue weighted by Gasteiger charge is 2.23. The van der Waals surface area contributed by atoms with Gasteiger partial charge in [-0.15, -0.1) is 0 Å². The minimum atomic E-state index is -0.0272. The average Bonchev–Trinajstić information content (AvgIpc) is 3.84. The van der Waals surface area contributed by atoms with E-state index in [1.807, 2.05) is 0 Å². The maximum atomic E-state index is 12.8. The summed E-state index contributed by atoms with van der Waals surface area (Å²) in [6.07, 6.45) is 44.3. The molecule has 1 fully saturated rings. The van der Waals surface area contributed by atoms with Crippen molar-refractivity contribution in [3.8, 4) is 0 Å². The number of esters is 2. The third kappa shape index (κ3) is 37.8. The van der Waals surface area contributed by atoms with E-state index < -0.39 is 0 Å². The van der Waals surface area contributed by atoms with E-state index >= 15 is 0 Å². The molecule has 1 aliphatic rings. The Hall–Kier alpha value is -1.22. The Morgan fingerprint density at radius 1 is 0.484 bits per heavy atom. The summed E-state index contributed by atoms with van der Waals surface area (Å²) < 4.78 is 17.6. The van der Waals surface area contributed by atoms with Crippen LogP contribution in [0.2, 0.25) is 0 Å². The first-order valence-corrected chi connectivity index (χ1v) is 28.4. The number of carbonyl (C=O) groups excluding carboxylic acids is 2. The molecule has 1 atom stereocenters. The van der Waals surface area contributed by atoms with Crippen LogP contribution in [0, 0.1) is 11.8 Å². The SMILES string of the molecule is CCCCCCCCC(CCCCCCCC)COC(=O)CCCCCN(CCO)CCN(CCCCCC(=O)OCC(CCCCCCCC)CCCCCCCC)C1CCOC1. The molecule has 0 aromatic rings. The summed E-state index contributed by atoms with van der Waals surface area (Å²) in [5.41, 5.74) is 0. The molecule has 8 nitrogen and oxygen atoms in total. The molecule has 380 valence electrons. The first-order valence-electron chi connectivity index (χ1n) is 28.4. The molecule has 8 heteroatoms.